The first-order chi connectivity index (χ1) is 16.0. The van der Waals surface area contributed by atoms with Crippen LogP contribution in [0, 0.1) is 5.92 Å². The molecule has 1 aliphatic rings. The Kier molecular flexibility index (Phi) is 9.21. The second kappa shape index (κ2) is 12.3. The van der Waals surface area contributed by atoms with E-state index in [1.165, 1.54) is 0 Å². The number of hydrogen-bond donors (Lipinski definition) is 2. The summed E-state index contributed by atoms with van der Waals surface area (Å²) in [4.78, 5) is 27.8. The van der Waals surface area contributed by atoms with Crippen LogP contribution < -0.4 is 15.4 Å². The first-order valence-corrected chi connectivity index (χ1v) is 11.7. The molecule has 3 rings (SSSR count). The fourth-order valence-electron chi connectivity index (χ4n) is 3.62. The normalized spacial score (nSPS) is 13.9. The van der Waals surface area contributed by atoms with E-state index in [2.05, 4.69) is 17.6 Å². The number of amides is 2. The summed E-state index contributed by atoms with van der Waals surface area (Å²) >= 11 is 5.37. The lowest BCUT2D eigenvalue weighted by atomic mass is 9.98. The van der Waals surface area contributed by atoms with Crippen molar-refractivity contribution in [2.45, 2.75) is 26.7 Å². The number of carbonyl (C=O) groups is 2. The van der Waals surface area contributed by atoms with Crippen molar-refractivity contribution in [3.05, 3.63) is 59.7 Å². The Labute approximate surface area is 200 Å². The summed E-state index contributed by atoms with van der Waals surface area (Å²) in [5.41, 5.74) is 1.46. The molecule has 0 aromatic heterocycles. The van der Waals surface area contributed by atoms with Gasteiger partial charge in [0.25, 0.3) is 11.8 Å². The van der Waals surface area contributed by atoms with Crippen LogP contribution in [-0.2, 0) is 4.74 Å². The molecule has 0 unspecified atom stereocenters. The number of piperidine rings is 1. The van der Waals surface area contributed by atoms with Crippen LogP contribution >= 0.6 is 12.2 Å². The minimum absolute atomic E-state index is 0.0350. The zero-order valence-electron chi connectivity index (χ0n) is 19.1. The molecule has 176 valence electrons. The van der Waals surface area contributed by atoms with Crippen LogP contribution in [0.5, 0.6) is 5.75 Å². The van der Waals surface area contributed by atoms with E-state index in [-0.39, 0.29) is 11.0 Å². The quantitative estimate of drug-likeness (QED) is 0.448. The van der Waals surface area contributed by atoms with Gasteiger partial charge < -0.3 is 19.7 Å². The van der Waals surface area contributed by atoms with Crippen LogP contribution in [0.25, 0.3) is 0 Å². The number of rotatable bonds is 8. The Morgan fingerprint density at radius 2 is 1.70 bits per heavy atom. The van der Waals surface area contributed by atoms with Crippen molar-refractivity contribution in [3.63, 3.8) is 0 Å². The molecule has 2 amide bonds. The summed E-state index contributed by atoms with van der Waals surface area (Å²) in [6, 6.07) is 14.2. The molecule has 0 saturated carbocycles. The van der Waals surface area contributed by atoms with Crippen molar-refractivity contribution in [1.82, 2.24) is 10.2 Å². The number of ether oxygens (including phenoxy) is 2. The Hall–Kier alpha value is -2.97. The molecule has 0 spiro atoms. The number of anilines is 1. The molecule has 1 heterocycles. The minimum atomic E-state index is -0.395. The number of benzene rings is 2. The maximum atomic E-state index is 13.1. The average Bonchev–Trinajstić information content (AvgIpc) is 2.82. The second-order valence-corrected chi connectivity index (χ2v) is 8.38. The Morgan fingerprint density at radius 3 is 2.42 bits per heavy atom. The molecule has 1 saturated heterocycles. The third-order valence-electron chi connectivity index (χ3n) is 5.52. The van der Waals surface area contributed by atoms with Gasteiger partial charge in [-0.25, -0.2) is 0 Å². The minimum Gasteiger partial charge on any atom is -0.490 e. The van der Waals surface area contributed by atoms with Crippen molar-refractivity contribution in [2.75, 3.05) is 38.2 Å². The van der Waals surface area contributed by atoms with Gasteiger partial charge in [0.05, 0.1) is 23.4 Å². The lowest BCUT2D eigenvalue weighted by Gasteiger charge is -2.31. The molecule has 1 fully saturated rings. The molecule has 8 heteroatoms. The third kappa shape index (κ3) is 7.00. The van der Waals surface area contributed by atoms with Gasteiger partial charge in [-0.05, 0) is 62.2 Å². The topological polar surface area (TPSA) is 79.9 Å². The van der Waals surface area contributed by atoms with Gasteiger partial charge in [0.15, 0.2) is 5.11 Å². The van der Waals surface area contributed by atoms with E-state index >= 15 is 0 Å². The number of nitrogens with one attached hydrogen (secondary N) is 2. The molecule has 2 N–H and O–H groups in total. The van der Waals surface area contributed by atoms with Gasteiger partial charge >= 0.3 is 0 Å². The lowest BCUT2D eigenvalue weighted by molar-refractivity contribution is 0.0698. The van der Waals surface area contributed by atoms with E-state index < -0.39 is 5.91 Å². The highest BCUT2D eigenvalue weighted by Crippen LogP contribution is 2.22. The van der Waals surface area contributed by atoms with Crippen LogP contribution in [-0.4, -0.2) is 54.7 Å². The van der Waals surface area contributed by atoms with Crippen LogP contribution in [0.2, 0.25) is 0 Å². The first-order valence-electron chi connectivity index (χ1n) is 11.3. The number of thiocarbonyl (C=S) groups is 1. The highest BCUT2D eigenvalue weighted by molar-refractivity contribution is 7.80. The highest BCUT2D eigenvalue weighted by atomic mass is 32.1. The average molecular weight is 470 g/mol. The fraction of sp³-hybridized carbons (Fsp3) is 0.400. The largest absolute Gasteiger partial charge is 0.490 e. The summed E-state index contributed by atoms with van der Waals surface area (Å²) < 4.78 is 11.0. The molecule has 0 bridgehead atoms. The van der Waals surface area contributed by atoms with Crippen molar-refractivity contribution in [1.29, 1.82) is 0 Å². The van der Waals surface area contributed by atoms with Gasteiger partial charge in [0.1, 0.15) is 12.4 Å². The van der Waals surface area contributed by atoms with Crippen molar-refractivity contribution in [2.24, 2.45) is 5.92 Å². The molecule has 1 aliphatic heterocycles. The van der Waals surface area contributed by atoms with Gasteiger partial charge in [0.2, 0.25) is 0 Å². The summed E-state index contributed by atoms with van der Waals surface area (Å²) in [5.74, 6) is 0.657. The summed E-state index contributed by atoms with van der Waals surface area (Å²) in [6.07, 6.45) is 2.00. The predicted molar refractivity (Wildman–Crippen MR) is 133 cm³/mol. The predicted octanol–water partition coefficient (Wildman–Crippen LogP) is 4.10. The van der Waals surface area contributed by atoms with E-state index in [1.54, 1.807) is 36.4 Å². The summed E-state index contributed by atoms with van der Waals surface area (Å²) in [6.45, 7) is 6.99. The van der Waals surface area contributed by atoms with Crippen LogP contribution in [0.3, 0.4) is 0 Å². The molecular formula is C25H31N3O4S. The highest BCUT2D eigenvalue weighted by Gasteiger charge is 2.23. The van der Waals surface area contributed by atoms with Gasteiger partial charge in [-0.3, -0.25) is 14.9 Å². The van der Waals surface area contributed by atoms with Gasteiger partial charge in [-0.2, -0.15) is 0 Å². The zero-order valence-corrected chi connectivity index (χ0v) is 20.0. The molecule has 33 heavy (non-hydrogen) atoms. The zero-order chi connectivity index (χ0) is 23.6. The van der Waals surface area contributed by atoms with Gasteiger partial charge in [0, 0.05) is 19.7 Å². The van der Waals surface area contributed by atoms with Crippen molar-refractivity contribution >= 4 is 34.8 Å². The van der Waals surface area contributed by atoms with Crippen molar-refractivity contribution in [3.8, 4) is 5.75 Å². The molecule has 2 aromatic carbocycles. The number of hydrogen-bond acceptors (Lipinski definition) is 5. The first kappa shape index (κ1) is 24.7. The molecule has 0 atom stereocenters. The molecule has 7 nitrogen and oxygen atoms in total. The van der Waals surface area contributed by atoms with Crippen LogP contribution in [0.4, 0.5) is 5.69 Å². The molecular weight excluding hydrogens is 438 g/mol. The van der Waals surface area contributed by atoms with Crippen molar-refractivity contribution < 1.29 is 19.1 Å². The third-order valence-corrected chi connectivity index (χ3v) is 5.73. The lowest BCUT2D eigenvalue weighted by Crippen LogP contribution is -2.39. The maximum Gasteiger partial charge on any atom is 0.261 e. The maximum absolute atomic E-state index is 13.1. The number of likely N-dealkylation sites (tertiary alicyclic amines) is 1. The van der Waals surface area contributed by atoms with Crippen LogP contribution in [0.15, 0.2) is 48.5 Å². The SMILES string of the molecule is CCOCCOc1ccccc1C(=O)NC(=S)Nc1ccccc1C(=O)N1CCC(C)CC1. The fourth-order valence-corrected chi connectivity index (χ4v) is 3.82. The van der Waals surface area contributed by atoms with E-state index in [9.17, 15) is 9.59 Å². The van der Waals surface area contributed by atoms with Crippen LogP contribution in [0.1, 0.15) is 47.4 Å². The Bertz CT molecular complexity index is 974. The molecule has 0 aliphatic carbocycles. The van der Waals surface area contributed by atoms with E-state index in [0.717, 1.165) is 25.9 Å². The van der Waals surface area contributed by atoms with E-state index in [4.69, 9.17) is 21.7 Å². The number of para-hydroxylation sites is 2. The smallest absolute Gasteiger partial charge is 0.261 e. The Balaban J connectivity index is 1.64. The second-order valence-electron chi connectivity index (χ2n) is 7.97. The Morgan fingerprint density at radius 1 is 1.03 bits per heavy atom. The summed E-state index contributed by atoms with van der Waals surface area (Å²) in [5, 5.41) is 5.80. The monoisotopic (exact) mass is 469 g/mol. The standard InChI is InChI=1S/C25H31N3O4S/c1-3-31-16-17-32-22-11-7-5-9-20(22)23(29)27-25(33)26-21-10-6-4-8-19(21)24(30)28-14-12-18(2)13-15-28/h4-11,18H,3,12-17H2,1-2H3,(H2,26,27,29,33). The van der Waals surface area contributed by atoms with Gasteiger partial charge in [-0.1, -0.05) is 31.2 Å². The number of carbonyl (C=O) groups excluding carboxylic acids is 2. The van der Waals surface area contributed by atoms with Gasteiger partial charge in [-0.15, -0.1) is 0 Å². The molecule has 2 aromatic rings. The molecule has 0 radical (unpaired) electrons. The van der Waals surface area contributed by atoms with E-state index in [1.807, 2.05) is 24.0 Å². The summed E-state index contributed by atoms with van der Waals surface area (Å²) in [7, 11) is 0. The number of nitrogens with zero attached hydrogens (tertiary/aromatic N) is 1. The van der Waals surface area contributed by atoms with E-state index in [0.29, 0.717) is 48.3 Å².